The number of hydrogen-bond donors (Lipinski definition) is 0. The van der Waals surface area contributed by atoms with E-state index in [1.54, 1.807) is 6.07 Å². The number of carbonyl (C=O) groups excluding carboxylic acids is 2. The lowest BCUT2D eigenvalue weighted by Gasteiger charge is -2.17. The van der Waals surface area contributed by atoms with Gasteiger partial charge in [-0.1, -0.05) is 32.6 Å². The molecule has 1 aromatic rings. The number of ether oxygens (including phenoxy) is 3. The third-order valence-corrected chi connectivity index (χ3v) is 3.99. The Labute approximate surface area is 144 Å². The summed E-state index contributed by atoms with van der Waals surface area (Å²) in [6, 6.07) is 1.58. The highest BCUT2D eigenvalue weighted by molar-refractivity contribution is 6.10. The fourth-order valence-corrected chi connectivity index (χ4v) is 2.75. The molecule has 0 unspecified atom stereocenters. The molecule has 0 amide bonds. The zero-order valence-electron chi connectivity index (χ0n) is 15.4. The molecule has 0 heterocycles. The van der Waals surface area contributed by atoms with Crippen molar-refractivity contribution in [3.8, 4) is 17.2 Å². The molecule has 5 heteroatoms. The Kier molecular flexibility index (Phi) is 8.30. The first-order valence-corrected chi connectivity index (χ1v) is 8.38. The lowest BCUT2D eigenvalue weighted by Crippen LogP contribution is -2.11. The SMILES string of the molecule is CCCCCCCC(=O)c1cc(OC)c(OC)c(OC)c1C(C)=O. The van der Waals surface area contributed by atoms with Crippen LogP contribution in [-0.2, 0) is 0 Å². The molecule has 0 aliphatic heterocycles. The van der Waals surface area contributed by atoms with Crippen molar-refractivity contribution in [2.45, 2.75) is 52.4 Å². The quantitative estimate of drug-likeness (QED) is 0.441. The molecule has 0 saturated carbocycles. The summed E-state index contributed by atoms with van der Waals surface area (Å²) >= 11 is 0. The van der Waals surface area contributed by atoms with E-state index in [4.69, 9.17) is 14.2 Å². The molecule has 5 nitrogen and oxygen atoms in total. The van der Waals surface area contributed by atoms with Crippen LogP contribution in [0.15, 0.2) is 6.07 Å². The van der Waals surface area contributed by atoms with Gasteiger partial charge in [-0.2, -0.15) is 0 Å². The van der Waals surface area contributed by atoms with Gasteiger partial charge in [0.05, 0.1) is 26.9 Å². The number of ketones is 2. The summed E-state index contributed by atoms with van der Waals surface area (Å²) in [4.78, 5) is 24.7. The van der Waals surface area contributed by atoms with Crippen molar-refractivity contribution in [2.75, 3.05) is 21.3 Å². The van der Waals surface area contributed by atoms with Crippen LogP contribution in [-0.4, -0.2) is 32.9 Å². The molecule has 0 fully saturated rings. The number of benzene rings is 1. The number of hydrogen-bond acceptors (Lipinski definition) is 5. The summed E-state index contributed by atoms with van der Waals surface area (Å²) in [6.07, 6.45) is 5.69. The van der Waals surface area contributed by atoms with Gasteiger partial charge in [-0.25, -0.2) is 0 Å². The molecule has 0 N–H and O–H groups in total. The maximum absolute atomic E-state index is 12.6. The van der Waals surface area contributed by atoms with Gasteiger partial charge in [-0.05, 0) is 19.4 Å². The Morgan fingerprint density at radius 2 is 1.54 bits per heavy atom. The van der Waals surface area contributed by atoms with E-state index in [1.807, 2.05) is 0 Å². The minimum atomic E-state index is -0.234. The minimum Gasteiger partial charge on any atom is -0.493 e. The zero-order valence-corrected chi connectivity index (χ0v) is 15.4. The van der Waals surface area contributed by atoms with Crippen LogP contribution in [0.4, 0.5) is 0 Å². The maximum Gasteiger partial charge on any atom is 0.204 e. The molecule has 0 bridgehead atoms. The van der Waals surface area contributed by atoms with Crippen LogP contribution in [0.25, 0.3) is 0 Å². The highest BCUT2D eigenvalue weighted by Crippen LogP contribution is 2.42. The molecule has 1 rings (SSSR count). The fourth-order valence-electron chi connectivity index (χ4n) is 2.75. The van der Waals surface area contributed by atoms with E-state index in [1.165, 1.54) is 34.7 Å². The molecule has 0 spiro atoms. The van der Waals surface area contributed by atoms with Gasteiger partial charge in [0.15, 0.2) is 23.1 Å². The summed E-state index contributed by atoms with van der Waals surface area (Å²) in [7, 11) is 4.41. The molecule has 0 atom stereocenters. The molecule has 0 radical (unpaired) electrons. The Balaban J connectivity index is 3.16. The van der Waals surface area contributed by atoms with E-state index in [9.17, 15) is 9.59 Å². The normalized spacial score (nSPS) is 10.4. The van der Waals surface area contributed by atoms with E-state index < -0.39 is 0 Å². The molecule has 24 heavy (non-hydrogen) atoms. The van der Waals surface area contributed by atoms with Crippen molar-refractivity contribution in [3.05, 3.63) is 17.2 Å². The number of rotatable bonds is 11. The lowest BCUT2D eigenvalue weighted by molar-refractivity contribution is 0.0956. The van der Waals surface area contributed by atoms with Crippen LogP contribution < -0.4 is 14.2 Å². The Hall–Kier alpha value is -2.04. The van der Waals surface area contributed by atoms with E-state index >= 15 is 0 Å². The molecule has 0 saturated heterocycles. The monoisotopic (exact) mass is 336 g/mol. The number of carbonyl (C=O) groups is 2. The maximum atomic E-state index is 12.6. The van der Waals surface area contributed by atoms with Crippen molar-refractivity contribution in [1.82, 2.24) is 0 Å². The van der Waals surface area contributed by atoms with Gasteiger partial charge in [-0.3, -0.25) is 9.59 Å². The predicted octanol–water partition coefficient (Wildman–Crippen LogP) is 4.46. The number of methoxy groups -OCH3 is 3. The van der Waals surface area contributed by atoms with E-state index in [0.29, 0.717) is 23.5 Å². The van der Waals surface area contributed by atoms with Crippen LogP contribution in [0.3, 0.4) is 0 Å². The van der Waals surface area contributed by atoms with Gasteiger partial charge in [0.1, 0.15) is 0 Å². The molecular weight excluding hydrogens is 308 g/mol. The third-order valence-electron chi connectivity index (χ3n) is 3.99. The number of Topliss-reactive ketones (excluding diaryl/α,β-unsaturated/α-hetero) is 2. The van der Waals surface area contributed by atoms with Gasteiger partial charge in [-0.15, -0.1) is 0 Å². The average Bonchev–Trinajstić information content (AvgIpc) is 2.58. The number of unbranched alkanes of at least 4 members (excludes halogenated alkanes) is 4. The van der Waals surface area contributed by atoms with Crippen molar-refractivity contribution >= 4 is 11.6 Å². The summed E-state index contributed by atoms with van der Waals surface area (Å²) in [5, 5.41) is 0. The van der Waals surface area contributed by atoms with Gasteiger partial charge >= 0.3 is 0 Å². The van der Waals surface area contributed by atoms with Gasteiger partial charge in [0.25, 0.3) is 0 Å². The van der Waals surface area contributed by atoms with Gasteiger partial charge < -0.3 is 14.2 Å². The predicted molar refractivity (Wildman–Crippen MR) is 93.8 cm³/mol. The van der Waals surface area contributed by atoms with Crippen molar-refractivity contribution in [2.24, 2.45) is 0 Å². The van der Waals surface area contributed by atoms with Crippen molar-refractivity contribution < 1.29 is 23.8 Å². The largest absolute Gasteiger partial charge is 0.493 e. The Bertz CT molecular complexity index is 578. The minimum absolute atomic E-state index is 0.0732. The van der Waals surface area contributed by atoms with Crippen molar-refractivity contribution in [1.29, 1.82) is 0 Å². The highest BCUT2D eigenvalue weighted by Gasteiger charge is 2.26. The lowest BCUT2D eigenvalue weighted by atomic mass is 9.95. The molecule has 0 aliphatic carbocycles. The zero-order chi connectivity index (χ0) is 18.1. The second kappa shape index (κ2) is 9.96. The first-order chi connectivity index (χ1) is 11.5. The molecule has 0 aliphatic rings. The van der Waals surface area contributed by atoms with E-state index in [0.717, 1.165) is 25.7 Å². The topological polar surface area (TPSA) is 61.8 Å². The second-order valence-electron chi connectivity index (χ2n) is 5.71. The van der Waals surface area contributed by atoms with E-state index in [2.05, 4.69) is 6.92 Å². The Morgan fingerprint density at radius 1 is 0.917 bits per heavy atom. The third kappa shape index (κ3) is 4.73. The summed E-state index contributed by atoms with van der Waals surface area (Å²) in [6.45, 7) is 3.57. The van der Waals surface area contributed by atoms with Crippen LogP contribution in [0.5, 0.6) is 17.2 Å². The average molecular weight is 336 g/mol. The van der Waals surface area contributed by atoms with E-state index in [-0.39, 0.29) is 22.9 Å². The van der Waals surface area contributed by atoms with Crippen LogP contribution in [0.2, 0.25) is 0 Å². The van der Waals surface area contributed by atoms with Gasteiger partial charge in [0.2, 0.25) is 5.75 Å². The first-order valence-electron chi connectivity index (χ1n) is 8.38. The standard InChI is InChI=1S/C19H28O5/c1-6-7-8-9-10-11-15(21)14-12-16(22-3)18(23-4)19(24-5)17(14)13(2)20/h12H,6-11H2,1-5H3. The van der Waals surface area contributed by atoms with Gasteiger partial charge in [0, 0.05) is 12.0 Å². The van der Waals surface area contributed by atoms with Crippen molar-refractivity contribution in [3.63, 3.8) is 0 Å². The Morgan fingerprint density at radius 3 is 2.04 bits per heavy atom. The second-order valence-corrected chi connectivity index (χ2v) is 5.71. The molecule has 1 aromatic carbocycles. The van der Waals surface area contributed by atoms with Crippen LogP contribution in [0, 0.1) is 0 Å². The van der Waals surface area contributed by atoms with Crippen LogP contribution in [0.1, 0.15) is 73.1 Å². The molecule has 0 aromatic heterocycles. The highest BCUT2D eigenvalue weighted by atomic mass is 16.5. The first kappa shape index (κ1) is 20.0. The summed E-state index contributed by atoms with van der Waals surface area (Å²) in [5.74, 6) is 0.648. The molecule has 134 valence electrons. The molecular formula is C19H28O5. The smallest absolute Gasteiger partial charge is 0.204 e. The summed E-state index contributed by atoms with van der Waals surface area (Å²) < 4.78 is 15.9. The van der Waals surface area contributed by atoms with Crippen LogP contribution >= 0.6 is 0 Å². The summed E-state index contributed by atoms with van der Waals surface area (Å²) in [5.41, 5.74) is 0.598. The fraction of sp³-hybridized carbons (Fsp3) is 0.579.